The van der Waals surface area contributed by atoms with Crippen LogP contribution < -0.4 is 10.4 Å². The highest BCUT2D eigenvalue weighted by atomic mass is 16.5. The van der Waals surface area contributed by atoms with E-state index >= 15 is 0 Å². The zero-order valence-electron chi connectivity index (χ0n) is 20.3. The Kier molecular flexibility index (Phi) is 7.03. The topological polar surface area (TPSA) is 56.5 Å². The molecule has 1 aliphatic carbocycles. The van der Waals surface area contributed by atoms with Crippen molar-refractivity contribution in [2.24, 2.45) is 20.0 Å². The number of hydrogen-bond donors (Lipinski definition) is 0. The van der Waals surface area contributed by atoms with Gasteiger partial charge in [0, 0.05) is 32.1 Å². The van der Waals surface area contributed by atoms with Crippen LogP contribution in [-0.4, -0.2) is 47.1 Å². The van der Waals surface area contributed by atoms with Gasteiger partial charge in [-0.1, -0.05) is 24.6 Å². The number of benzene rings is 2. The number of hydrogen-bond acceptors (Lipinski definition) is 4. The number of fused-ring (bicyclic) bond motifs is 2. The van der Waals surface area contributed by atoms with E-state index in [2.05, 4.69) is 24.1 Å². The van der Waals surface area contributed by atoms with Gasteiger partial charge in [-0.05, 0) is 75.0 Å². The molecular formula is C27H35N3O3. The number of ketones is 1. The molecule has 2 aromatic carbocycles. The van der Waals surface area contributed by atoms with Crippen LogP contribution in [0.25, 0.3) is 11.0 Å². The van der Waals surface area contributed by atoms with Crippen molar-refractivity contribution in [3.8, 4) is 5.75 Å². The Morgan fingerprint density at radius 3 is 2.52 bits per heavy atom. The first-order valence-corrected chi connectivity index (χ1v) is 11.9. The van der Waals surface area contributed by atoms with Gasteiger partial charge in [0.05, 0.1) is 18.1 Å². The van der Waals surface area contributed by atoms with Gasteiger partial charge in [0.1, 0.15) is 5.75 Å². The summed E-state index contributed by atoms with van der Waals surface area (Å²) in [5.41, 5.74) is 4.83. The van der Waals surface area contributed by atoms with Crippen LogP contribution in [0.5, 0.6) is 5.75 Å². The summed E-state index contributed by atoms with van der Waals surface area (Å²) in [6, 6.07) is 12.2. The number of para-hydroxylation sites is 1. The Balaban J connectivity index is 1.29. The van der Waals surface area contributed by atoms with Crippen molar-refractivity contribution in [2.45, 2.75) is 38.5 Å². The maximum atomic E-state index is 13.2. The summed E-state index contributed by atoms with van der Waals surface area (Å²) in [4.78, 5) is 27.8. The first kappa shape index (κ1) is 23.3. The molecule has 3 aromatic rings. The van der Waals surface area contributed by atoms with Crippen molar-refractivity contribution in [3.63, 3.8) is 0 Å². The molecule has 1 heterocycles. The SMILES string of the molecule is COc1ccccc1CCN(C)CCCCC1CCc2cc3c(cc2C1=O)n(C)c(=O)n3C. The zero-order chi connectivity index (χ0) is 23.5. The fourth-order valence-electron chi connectivity index (χ4n) is 5.09. The highest BCUT2D eigenvalue weighted by molar-refractivity contribution is 6.03. The maximum absolute atomic E-state index is 13.2. The molecule has 1 atom stereocenters. The number of Topliss-reactive ketones (excluding diaryl/α,β-unsaturated/α-hetero) is 1. The van der Waals surface area contributed by atoms with Crippen LogP contribution in [-0.2, 0) is 26.9 Å². The summed E-state index contributed by atoms with van der Waals surface area (Å²) in [6.45, 7) is 2.02. The van der Waals surface area contributed by atoms with Crippen molar-refractivity contribution < 1.29 is 9.53 Å². The number of ether oxygens (including phenoxy) is 1. The molecule has 4 rings (SSSR count). The molecule has 0 amide bonds. The number of carbonyl (C=O) groups is 1. The lowest BCUT2D eigenvalue weighted by Gasteiger charge is -2.24. The third kappa shape index (κ3) is 4.76. The van der Waals surface area contributed by atoms with Crippen LogP contribution in [0.2, 0.25) is 0 Å². The van der Waals surface area contributed by atoms with E-state index in [0.717, 1.165) is 79.5 Å². The summed E-state index contributed by atoms with van der Waals surface area (Å²) in [6.07, 6.45) is 5.85. The molecule has 0 aliphatic heterocycles. The lowest BCUT2D eigenvalue weighted by atomic mass is 9.80. The lowest BCUT2D eigenvalue weighted by Crippen LogP contribution is -2.24. The predicted octanol–water partition coefficient (Wildman–Crippen LogP) is 3.98. The van der Waals surface area contributed by atoms with E-state index in [9.17, 15) is 9.59 Å². The normalized spacial score (nSPS) is 15.9. The Bertz CT molecular complexity index is 1210. The predicted molar refractivity (Wildman–Crippen MR) is 132 cm³/mol. The number of nitrogens with zero attached hydrogens (tertiary/aromatic N) is 3. The van der Waals surface area contributed by atoms with E-state index in [4.69, 9.17) is 4.74 Å². The van der Waals surface area contributed by atoms with Crippen LogP contribution in [0.1, 0.15) is 47.2 Å². The zero-order valence-corrected chi connectivity index (χ0v) is 20.3. The van der Waals surface area contributed by atoms with E-state index in [-0.39, 0.29) is 17.4 Å². The molecule has 0 bridgehead atoms. The number of rotatable bonds is 9. The quantitative estimate of drug-likeness (QED) is 0.464. The molecule has 33 heavy (non-hydrogen) atoms. The highest BCUT2D eigenvalue weighted by Gasteiger charge is 2.28. The van der Waals surface area contributed by atoms with E-state index in [1.54, 1.807) is 30.3 Å². The molecule has 176 valence electrons. The van der Waals surface area contributed by atoms with Gasteiger partial charge in [0.2, 0.25) is 0 Å². The van der Waals surface area contributed by atoms with Gasteiger partial charge in [-0.15, -0.1) is 0 Å². The fourth-order valence-corrected chi connectivity index (χ4v) is 5.09. The van der Waals surface area contributed by atoms with E-state index in [0.29, 0.717) is 0 Å². The van der Waals surface area contributed by atoms with Crippen molar-refractivity contribution in [3.05, 3.63) is 63.6 Å². The van der Waals surface area contributed by atoms with Crippen LogP contribution in [0, 0.1) is 5.92 Å². The molecule has 1 aliphatic rings. The second kappa shape index (κ2) is 9.96. The molecular weight excluding hydrogens is 414 g/mol. The fraction of sp³-hybridized carbons (Fsp3) is 0.481. The van der Waals surface area contributed by atoms with Crippen LogP contribution in [0.15, 0.2) is 41.2 Å². The smallest absolute Gasteiger partial charge is 0.328 e. The second-order valence-corrected chi connectivity index (χ2v) is 9.36. The molecule has 0 fully saturated rings. The van der Waals surface area contributed by atoms with E-state index in [1.807, 2.05) is 24.3 Å². The van der Waals surface area contributed by atoms with E-state index in [1.165, 1.54) is 5.56 Å². The molecule has 0 radical (unpaired) electrons. The van der Waals surface area contributed by atoms with Crippen molar-refractivity contribution in [1.82, 2.24) is 14.0 Å². The molecule has 0 saturated carbocycles. The Labute approximate surface area is 195 Å². The summed E-state index contributed by atoms with van der Waals surface area (Å²) >= 11 is 0. The minimum absolute atomic E-state index is 0.0498. The van der Waals surface area contributed by atoms with Crippen LogP contribution in [0.3, 0.4) is 0 Å². The third-order valence-corrected chi connectivity index (χ3v) is 7.19. The number of methoxy groups -OCH3 is 1. The second-order valence-electron chi connectivity index (χ2n) is 9.36. The number of imidazole rings is 1. The Morgan fingerprint density at radius 1 is 1.03 bits per heavy atom. The largest absolute Gasteiger partial charge is 0.496 e. The number of unbranched alkanes of at least 4 members (excludes halogenated alkanes) is 1. The number of carbonyl (C=O) groups excluding carboxylic acids is 1. The number of aromatic nitrogens is 2. The van der Waals surface area contributed by atoms with Gasteiger partial charge in [0.15, 0.2) is 5.78 Å². The Hall–Kier alpha value is -2.86. The summed E-state index contributed by atoms with van der Waals surface area (Å²) in [7, 11) is 7.44. The lowest BCUT2D eigenvalue weighted by molar-refractivity contribution is 0.0892. The molecule has 0 spiro atoms. The van der Waals surface area contributed by atoms with Crippen molar-refractivity contribution in [1.29, 1.82) is 0 Å². The summed E-state index contributed by atoms with van der Waals surface area (Å²) in [5, 5.41) is 0. The van der Waals surface area contributed by atoms with Gasteiger partial charge in [-0.3, -0.25) is 13.9 Å². The average Bonchev–Trinajstić information content (AvgIpc) is 3.04. The van der Waals surface area contributed by atoms with E-state index < -0.39 is 0 Å². The maximum Gasteiger partial charge on any atom is 0.328 e. The molecule has 6 heteroatoms. The van der Waals surface area contributed by atoms with Crippen LogP contribution >= 0.6 is 0 Å². The molecule has 6 nitrogen and oxygen atoms in total. The summed E-state index contributed by atoms with van der Waals surface area (Å²) in [5.74, 6) is 1.29. The van der Waals surface area contributed by atoms with Crippen molar-refractivity contribution >= 4 is 16.8 Å². The first-order chi connectivity index (χ1) is 15.9. The average molecular weight is 450 g/mol. The third-order valence-electron chi connectivity index (χ3n) is 7.19. The molecule has 1 aromatic heterocycles. The van der Waals surface area contributed by atoms with Gasteiger partial charge in [-0.25, -0.2) is 4.79 Å². The number of likely N-dealkylation sites (N-methyl/N-ethyl adjacent to an activating group) is 1. The minimum atomic E-state index is -0.0498. The Morgan fingerprint density at radius 2 is 1.76 bits per heavy atom. The highest BCUT2D eigenvalue weighted by Crippen LogP contribution is 2.31. The number of aryl methyl sites for hydroxylation is 3. The van der Waals surface area contributed by atoms with Crippen LogP contribution in [0.4, 0.5) is 0 Å². The molecule has 0 saturated heterocycles. The van der Waals surface area contributed by atoms with Gasteiger partial charge in [0.25, 0.3) is 0 Å². The minimum Gasteiger partial charge on any atom is -0.496 e. The first-order valence-electron chi connectivity index (χ1n) is 11.9. The summed E-state index contributed by atoms with van der Waals surface area (Å²) < 4.78 is 8.74. The van der Waals surface area contributed by atoms with Gasteiger partial charge in [-0.2, -0.15) is 0 Å². The molecule has 1 unspecified atom stereocenters. The standard InChI is InChI=1S/C27H35N3O3/c1-28(16-14-19-9-5-6-11-25(19)33-4)15-8-7-10-20-12-13-21-17-23-24(18-22(21)26(20)31)30(3)27(32)29(23)2/h5-6,9,11,17-18,20H,7-8,10,12-16H2,1-4H3. The van der Waals surface area contributed by atoms with Gasteiger partial charge >= 0.3 is 5.69 Å². The van der Waals surface area contributed by atoms with Gasteiger partial charge < -0.3 is 9.64 Å². The van der Waals surface area contributed by atoms with Crippen molar-refractivity contribution in [2.75, 3.05) is 27.2 Å². The monoisotopic (exact) mass is 449 g/mol. The molecule has 0 N–H and O–H groups in total.